The molecule has 6 aliphatic rings. The van der Waals surface area contributed by atoms with Crippen LogP contribution >= 0.6 is 0 Å². The lowest BCUT2D eigenvalue weighted by Gasteiger charge is -2.46. The van der Waals surface area contributed by atoms with Crippen molar-refractivity contribution in [2.75, 3.05) is 31.1 Å². The number of benzene rings is 7. The van der Waals surface area contributed by atoms with Crippen LogP contribution in [0.3, 0.4) is 0 Å². The number of aryl methyl sites for hydroxylation is 6. The molecule has 57 heavy (non-hydrogen) atoms. The summed E-state index contributed by atoms with van der Waals surface area (Å²) in [5.74, 6) is 1.92. The van der Waals surface area contributed by atoms with Crippen LogP contribution in [0.1, 0.15) is 92.4 Å². The van der Waals surface area contributed by atoms with E-state index in [2.05, 4.69) is 126 Å². The monoisotopic (exact) mass is 739 g/mol. The number of fused-ring (bicyclic) bond motifs is 12. The van der Waals surface area contributed by atoms with Crippen molar-refractivity contribution in [3.63, 3.8) is 0 Å². The van der Waals surface area contributed by atoms with E-state index in [1.54, 1.807) is 22.3 Å². The van der Waals surface area contributed by atoms with E-state index < -0.39 is 5.41 Å². The Hall–Kier alpha value is -5.67. The molecule has 278 valence electrons. The summed E-state index contributed by atoms with van der Waals surface area (Å²) in [7, 11) is 0. The maximum absolute atomic E-state index is 6.92. The third-order valence-electron chi connectivity index (χ3n) is 14.8. The first-order valence-electron chi connectivity index (χ1n) is 21.6. The molecule has 7 aromatic rings. The fourth-order valence-electron chi connectivity index (χ4n) is 12.7. The summed E-state index contributed by atoms with van der Waals surface area (Å²) in [6, 6.07) is 40.6. The van der Waals surface area contributed by atoms with Gasteiger partial charge < -0.3 is 9.64 Å². The number of hydrogen-bond acceptors (Lipinski definition) is 2. The fraction of sp³-hybridized carbons (Fsp3) is 0.278. The predicted octanol–water partition coefficient (Wildman–Crippen LogP) is 9.74. The molecule has 0 unspecified atom stereocenters. The molecule has 0 atom stereocenters. The van der Waals surface area contributed by atoms with Crippen LogP contribution in [0.2, 0.25) is 0 Å². The minimum Gasteiger partial charge on any atom is -0.457 e. The van der Waals surface area contributed by atoms with E-state index in [0.717, 1.165) is 24.3 Å². The smallest absolute Gasteiger partial charge is 0.206 e. The van der Waals surface area contributed by atoms with Crippen molar-refractivity contribution < 1.29 is 4.74 Å². The summed E-state index contributed by atoms with van der Waals surface area (Å²) in [5, 5.41) is 8.55. The summed E-state index contributed by atoms with van der Waals surface area (Å²) in [6.45, 7) is 9.34. The Labute approximate surface area is 334 Å². The van der Waals surface area contributed by atoms with Crippen LogP contribution in [0.25, 0.3) is 27.1 Å². The minimum absolute atomic E-state index is 0.591. The molecule has 0 bridgehead atoms. The van der Waals surface area contributed by atoms with Gasteiger partial charge in [0, 0.05) is 53.9 Å². The molecule has 5 aliphatic heterocycles. The van der Waals surface area contributed by atoms with E-state index in [4.69, 9.17) is 4.74 Å². The molecule has 0 amide bonds. The van der Waals surface area contributed by atoms with Crippen molar-refractivity contribution >= 4 is 32.8 Å². The third kappa shape index (κ3) is 4.25. The van der Waals surface area contributed by atoms with E-state index in [0.29, 0.717) is 0 Å². The Bertz CT molecular complexity index is 3020. The summed E-state index contributed by atoms with van der Waals surface area (Å²) >= 11 is 0. The lowest BCUT2D eigenvalue weighted by Crippen LogP contribution is -2.44. The minimum atomic E-state index is -0.591. The average molecular weight is 740 g/mol. The van der Waals surface area contributed by atoms with Crippen molar-refractivity contribution in [1.29, 1.82) is 0 Å². The molecule has 3 nitrogen and oxygen atoms in total. The number of hydrogen-bond donors (Lipinski definition) is 0. The molecule has 0 N–H and O–H groups in total. The van der Waals surface area contributed by atoms with Gasteiger partial charge in [-0.3, -0.25) is 0 Å². The second kappa shape index (κ2) is 11.7. The Morgan fingerprint density at radius 3 is 2.00 bits per heavy atom. The molecule has 13 rings (SSSR count). The number of nitrogens with zero attached hydrogens (tertiary/aromatic N) is 2. The Kier molecular flexibility index (Phi) is 6.65. The van der Waals surface area contributed by atoms with Gasteiger partial charge in [-0.25, -0.2) is 4.58 Å². The van der Waals surface area contributed by atoms with Crippen LogP contribution in [0.15, 0.2) is 103 Å². The number of anilines is 1. The Balaban J connectivity index is 1.29. The van der Waals surface area contributed by atoms with Gasteiger partial charge >= 0.3 is 0 Å². The summed E-state index contributed by atoms with van der Waals surface area (Å²) in [6.07, 6.45) is 9.51. The van der Waals surface area contributed by atoms with Gasteiger partial charge in [0.1, 0.15) is 24.6 Å². The number of para-hydroxylation sites is 2. The number of ether oxygens (including phenoxy) is 1. The van der Waals surface area contributed by atoms with Gasteiger partial charge in [0.25, 0.3) is 0 Å². The first-order chi connectivity index (χ1) is 28.1. The summed E-state index contributed by atoms with van der Waals surface area (Å²) in [5.41, 5.74) is 19.2. The molecule has 0 radical (unpaired) electrons. The van der Waals surface area contributed by atoms with Crippen LogP contribution < -0.4 is 24.8 Å². The first-order valence-corrected chi connectivity index (χ1v) is 21.6. The van der Waals surface area contributed by atoms with Crippen LogP contribution in [0, 0.1) is 13.8 Å². The van der Waals surface area contributed by atoms with Gasteiger partial charge in [-0.2, -0.15) is 0 Å². The highest BCUT2D eigenvalue weighted by Crippen LogP contribution is 2.59. The molecule has 0 saturated heterocycles. The summed E-state index contributed by atoms with van der Waals surface area (Å²) < 4.78 is 9.63. The lowest BCUT2D eigenvalue weighted by molar-refractivity contribution is 0.433. The molecule has 1 spiro atoms. The zero-order valence-electron chi connectivity index (χ0n) is 33.1. The van der Waals surface area contributed by atoms with E-state index in [1.807, 2.05) is 0 Å². The molecule has 5 heterocycles. The molecule has 7 aromatic carbocycles. The highest BCUT2D eigenvalue weighted by atomic mass is 16.5. The molecular weight excluding hydrogens is 693 g/mol. The zero-order chi connectivity index (χ0) is 37.6. The largest absolute Gasteiger partial charge is 0.457 e. The maximum atomic E-state index is 6.92. The first kappa shape index (κ1) is 32.4. The molecule has 3 heteroatoms. The molecule has 1 aliphatic carbocycles. The highest BCUT2D eigenvalue weighted by molar-refractivity contribution is 6.01. The SMILES string of the molecule is Cc1cccc(C)c1C1=c2cc3cc4c5c(c3cc2C2(c3ccccc3Oc3ccccc32)c2cc3c6c7c(cc3cc21)CCCN7CCC6)CCC[N+]=5CCC4. The van der Waals surface area contributed by atoms with Crippen molar-refractivity contribution in [3.05, 3.63) is 180 Å². The zero-order valence-corrected chi connectivity index (χ0v) is 33.1. The van der Waals surface area contributed by atoms with Gasteiger partial charge in [-0.15, -0.1) is 0 Å². The van der Waals surface area contributed by atoms with Gasteiger partial charge in [-0.1, -0.05) is 54.6 Å². The van der Waals surface area contributed by atoms with Crippen molar-refractivity contribution in [2.24, 2.45) is 0 Å². The predicted molar refractivity (Wildman–Crippen MR) is 233 cm³/mol. The van der Waals surface area contributed by atoms with Gasteiger partial charge in [0.2, 0.25) is 5.36 Å². The van der Waals surface area contributed by atoms with Gasteiger partial charge in [0.05, 0.1) is 5.41 Å². The number of rotatable bonds is 1. The molecule has 0 aromatic heterocycles. The van der Waals surface area contributed by atoms with Gasteiger partial charge in [-0.05, 0) is 178 Å². The van der Waals surface area contributed by atoms with E-state index in [9.17, 15) is 0 Å². The van der Waals surface area contributed by atoms with E-state index in [1.165, 1.54) is 153 Å². The standard InChI is InChI=1S/C54H47N2O/c1-32-12-7-13-33(2)50(32)51-42-28-36-26-34-14-8-22-55-24-10-16-38(52(34)55)40(36)30-46(42)54(44-18-3-5-20-48(44)57-49-21-6-4-19-45(49)54)47-31-41-37(29-43(47)51)27-35-15-9-23-56-25-11-17-39(41)53(35)56/h3-7,12-13,18-21,26-31H,8-11,14-17,22-25H2,1-2H3/q+1. The van der Waals surface area contributed by atoms with Crippen molar-refractivity contribution in [2.45, 2.75) is 70.6 Å². The van der Waals surface area contributed by atoms with E-state index in [-0.39, 0.29) is 0 Å². The van der Waals surface area contributed by atoms with Crippen LogP contribution in [0.4, 0.5) is 5.69 Å². The topological polar surface area (TPSA) is 15.5 Å². The van der Waals surface area contributed by atoms with Gasteiger partial charge in [0.15, 0.2) is 0 Å². The van der Waals surface area contributed by atoms with Crippen molar-refractivity contribution in [1.82, 2.24) is 4.58 Å². The third-order valence-corrected chi connectivity index (χ3v) is 14.8. The van der Waals surface area contributed by atoms with Crippen LogP contribution in [-0.4, -0.2) is 26.2 Å². The molecular formula is C54H47N2O+. The second-order valence-corrected chi connectivity index (χ2v) is 17.8. The Morgan fingerprint density at radius 1 is 0.579 bits per heavy atom. The average Bonchev–Trinajstić information content (AvgIpc) is 3.24. The van der Waals surface area contributed by atoms with Crippen LogP contribution in [-0.2, 0) is 31.1 Å². The normalized spacial score (nSPS) is 18.0. The fourth-order valence-corrected chi connectivity index (χ4v) is 12.7. The van der Waals surface area contributed by atoms with Crippen LogP contribution in [0.5, 0.6) is 11.5 Å². The van der Waals surface area contributed by atoms with E-state index >= 15 is 0 Å². The summed E-state index contributed by atoms with van der Waals surface area (Å²) in [4.78, 5) is 2.70. The second-order valence-electron chi connectivity index (χ2n) is 17.8. The van der Waals surface area contributed by atoms with Crippen molar-refractivity contribution in [3.8, 4) is 11.5 Å². The lowest BCUT2D eigenvalue weighted by atomic mass is 9.58. The molecule has 0 fully saturated rings. The Morgan fingerprint density at radius 2 is 1.21 bits per heavy atom. The quantitative estimate of drug-likeness (QED) is 0.156. The molecule has 0 saturated carbocycles. The highest BCUT2D eigenvalue weighted by Gasteiger charge is 2.50. The maximum Gasteiger partial charge on any atom is 0.206 e.